The molecule has 7 heteroatoms. The van der Waals surface area contributed by atoms with Crippen molar-refractivity contribution in [3.63, 3.8) is 0 Å². The van der Waals surface area contributed by atoms with Crippen molar-refractivity contribution >= 4 is 27.8 Å². The summed E-state index contributed by atoms with van der Waals surface area (Å²) in [5, 5.41) is 8.99. The molecule has 5 nitrogen and oxygen atoms in total. The van der Waals surface area contributed by atoms with Crippen LogP contribution in [0.4, 0.5) is 0 Å². The van der Waals surface area contributed by atoms with Crippen molar-refractivity contribution in [3.8, 4) is 0 Å². The Morgan fingerprint density at radius 2 is 2.10 bits per heavy atom. The largest absolute Gasteiger partial charge is 0.478 e. The molecule has 0 bridgehead atoms. The van der Waals surface area contributed by atoms with Crippen molar-refractivity contribution in [2.45, 2.75) is 31.2 Å². The van der Waals surface area contributed by atoms with E-state index in [0.717, 1.165) is 0 Å². The van der Waals surface area contributed by atoms with Gasteiger partial charge in [0, 0.05) is 11.8 Å². The summed E-state index contributed by atoms with van der Waals surface area (Å²) in [5.41, 5.74) is 0.582. The fourth-order valence-corrected chi connectivity index (χ4v) is 4.11. The first-order valence-corrected chi connectivity index (χ1v) is 9.07. The number of hydrogen-bond donors (Lipinski definition) is 2. The minimum Gasteiger partial charge on any atom is -0.478 e. The maximum atomic E-state index is 12.4. The van der Waals surface area contributed by atoms with Crippen LogP contribution in [0.3, 0.4) is 0 Å². The second kappa shape index (κ2) is 7.10. The van der Waals surface area contributed by atoms with E-state index >= 15 is 0 Å². The molecule has 0 spiro atoms. The molecular formula is C13H19NO4S2. The summed E-state index contributed by atoms with van der Waals surface area (Å²) in [6.07, 6.45) is 2.42. The first kappa shape index (κ1) is 17.0. The SMILES string of the molecule is CCc1ccc(C(=O)O)cc1S(=O)(=O)NC(C)CSC. The van der Waals surface area contributed by atoms with E-state index in [2.05, 4.69) is 4.72 Å². The molecule has 0 aliphatic heterocycles. The van der Waals surface area contributed by atoms with Crippen LogP contribution in [-0.4, -0.2) is 37.5 Å². The number of benzene rings is 1. The summed E-state index contributed by atoms with van der Waals surface area (Å²) < 4.78 is 27.3. The normalized spacial score (nSPS) is 13.2. The average Bonchev–Trinajstić information content (AvgIpc) is 2.37. The Morgan fingerprint density at radius 1 is 1.45 bits per heavy atom. The number of carbonyl (C=O) groups is 1. The van der Waals surface area contributed by atoms with Gasteiger partial charge in [-0.25, -0.2) is 17.9 Å². The van der Waals surface area contributed by atoms with Gasteiger partial charge in [0.05, 0.1) is 10.5 Å². The van der Waals surface area contributed by atoms with Gasteiger partial charge in [0.2, 0.25) is 10.0 Å². The van der Waals surface area contributed by atoms with Gasteiger partial charge >= 0.3 is 5.97 Å². The zero-order valence-corrected chi connectivity index (χ0v) is 13.3. The molecule has 1 atom stereocenters. The van der Waals surface area contributed by atoms with Gasteiger partial charge < -0.3 is 5.11 Å². The molecule has 112 valence electrons. The summed E-state index contributed by atoms with van der Waals surface area (Å²) in [5.74, 6) is -0.486. The van der Waals surface area contributed by atoms with Crippen LogP contribution in [0, 0.1) is 0 Å². The maximum Gasteiger partial charge on any atom is 0.335 e. The van der Waals surface area contributed by atoms with Gasteiger partial charge in [0.15, 0.2) is 0 Å². The van der Waals surface area contributed by atoms with Crippen LogP contribution in [0.25, 0.3) is 0 Å². The lowest BCUT2D eigenvalue weighted by atomic mass is 10.1. The van der Waals surface area contributed by atoms with E-state index in [-0.39, 0.29) is 16.5 Å². The zero-order chi connectivity index (χ0) is 15.3. The van der Waals surface area contributed by atoms with Crippen LogP contribution in [0.1, 0.15) is 29.8 Å². The molecule has 0 saturated heterocycles. The highest BCUT2D eigenvalue weighted by Gasteiger charge is 2.21. The summed E-state index contributed by atoms with van der Waals surface area (Å²) in [7, 11) is -3.71. The fourth-order valence-electron chi connectivity index (χ4n) is 1.84. The fraction of sp³-hybridized carbons (Fsp3) is 0.462. The molecule has 0 aromatic heterocycles. The Kier molecular flexibility index (Phi) is 6.04. The van der Waals surface area contributed by atoms with Crippen LogP contribution in [-0.2, 0) is 16.4 Å². The number of carboxylic acid groups (broad SMARTS) is 1. The van der Waals surface area contributed by atoms with Crippen molar-refractivity contribution in [2.75, 3.05) is 12.0 Å². The zero-order valence-electron chi connectivity index (χ0n) is 11.7. The Balaban J connectivity index is 3.21. The van der Waals surface area contributed by atoms with Gasteiger partial charge in [-0.2, -0.15) is 11.8 Å². The van der Waals surface area contributed by atoms with E-state index in [1.165, 1.54) is 12.1 Å². The highest BCUT2D eigenvalue weighted by atomic mass is 32.2. The van der Waals surface area contributed by atoms with Crippen molar-refractivity contribution in [1.82, 2.24) is 4.72 Å². The minimum absolute atomic E-state index is 0.0277. The number of thioether (sulfide) groups is 1. The number of aryl methyl sites for hydroxylation is 1. The highest BCUT2D eigenvalue weighted by Crippen LogP contribution is 2.19. The molecule has 0 amide bonds. The number of carboxylic acids is 1. The number of nitrogens with one attached hydrogen (secondary N) is 1. The molecule has 0 heterocycles. The Morgan fingerprint density at radius 3 is 2.60 bits per heavy atom. The molecule has 0 saturated carbocycles. The van der Waals surface area contributed by atoms with E-state index in [1.807, 2.05) is 13.2 Å². The molecule has 1 aromatic carbocycles. The van der Waals surface area contributed by atoms with E-state index in [4.69, 9.17) is 5.11 Å². The smallest absolute Gasteiger partial charge is 0.335 e. The van der Waals surface area contributed by atoms with Crippen molar-refractivity contribution in [1.29, 1.82) is 0 Å². The molecule has 0 aliphatic carbocycles. The topological polar surface area (TPSA) is 83.5 Å². The van der Waals surface area contributed by atoms with Gasteiger partial charge in [-0.1, -0.05) is 13.0 Å². The minimum atomic E-state index is -3.71. The van der Waals surface area contributed by atoms with Crippen molar-refractivity contribution in [3.05, 3.63) is 29.3 Å². The molecular weight excluding hydrogens is 298 g/mol. The number of rotatable bonds is 7. The number of sulfonamides is 1. The first-order valence-electron chi connectivity index (χ1n) is 6.19. The monoisotopic (exact) mass is 317 g/mol. The predicted octanol–water partition coefficient (Wildman–Crippen LogP) is 1.98. The molecule has 1 rings (SSSR count). The second-order valence-corrected chi connectivity index (χ2v) is 7.05. The van der Waals surface area contributed by atoms with Crippen molar-refractivity contribution < 1.29 is 18.3 Å². The highest BCUT2D eigenvalue weighted by molar-refractivity contribution is 7.98. The van der Waals surface area contributed by atoms with E-state index in [0.29, 0.717) is 17.7 Å². The lowest BCUT2D eigenvalue weighted by Gasteiger charge is -2.15. The maximum absolute atomic E-state index is 12.4. The van der Waals surface area contributed by atoms with Gasteiger partial charge in [0.1, 0.15) is 0 Å². The van der Waals surface area contributed by atoms with E-state index < -0.39 is 16.0 Å². The third-order valence-electron chi connectivity index (χ3n) is 2.76. The van der Waals surface area contributed by atoms with Crippen LogP contribution in [0.2, 0.25) is 0 Å². The van der Waals surface area contributed by atoms with Gasteiger partial charge in [0.25, 0.3) is 0 Å². The standard InChI is InChI=1S/C13H19NO4S2/c1-4-10-5-6-11(13(15)16)7-12(10)20(17,18)14-9(2)8-19-3/h5-7,9,14H,4,8H2,1-3H3,(H,15,16). The molecule has 0 aliphatic rings. The average molecular weight is 317 g/mol. The second-order valence-electron chi connectivity index (χ2n) is 4.46. The third kappa shape index (κ3) is 4.22. The molecule has 2 N–H and O–H groups in total. The summed E-state index contributed by atoms with van der Waals surface area (Å²) >= 11 is 1.54. The predicted molar refractivity (Wildman–Crippen MR) is 80.9 cm³/mol. The van der Waals surface area contributed by atoms with Crippen LogP contribution < -0.4 is 4.72 Å². The van der Waals surface area contributed by atoms with Gasteiger partial charge in [-0.15, -0.1) is 0 Å². The molecule has 20 heavy (non-hydrogen) atoms. The summed E-state index contributed by atoms with van der Waals surface area (Å²) in [4.78, 5) is 11.0. The third-order valence-corrected chi connectivity index (χ3v) is 5.26. The van der Waals surface area contributed by atoms with E-state index in [9.17, 15) is 13.2 Å². The van der Waals surface area contributed by atoms with Crippen LogP contribution >= 0.6 is 11.8 Å². The Bertz CT molecular complexity index is 584. The summed E-state index contributed by atoms with van der Waals surface area (Å²) in [6, 6.07) is 3.98. The van der Waals surface area contributed by atoms with Gasteiger partial charge in [-0.05, 0) is 37.3 Å². The molecule has 1 unspecified atom stereocenters. The molecule has 0 radical (unpaired) electrons. The van der Waals surface area contributed by atoms with Crippen LogP contribution in [0.15, 0.2) is 23.1 Å². The number of hydrogen-bond acceptors (Lipinski definition) is 4. The molecule has 1 aromatic rings. The lowest BCUT2D eigenvalue weighted by molar-refractivity contribution is 0.0696. The first-order chi connectivity index (χ1) is 9.31. The van der Waals surface area contributed by atoms with E-state index in [1.54, 1.807) is 24.8 Å². The Labute approximate surface area is 123 Å². The molecule has 0 fully saturated rings. The quantitative estimate of drug-likeness (QED) is 0.803. The Hall–Kier alpha value is -1.05. The van der Waals surface area contributed by atoms with Crippen LogP contribution in [0.5, 0.6) is 0 Å². The van der Waals surface area contributed by atoms with Gasteiger partial charge in [-0.3, -0.25) is 0 Å². The number of aromatic carboxylic acids is 1. The summed E-state index contributed by atoms with van der Waals surface area (Å²) in [6.45, 7) is 3.61. The van der Waals surface area contributed by atoms with Crippen molar-refractivity contribution in [2.24, 2.45) is 0 Å². The lowest BCUT2D eigenvalue weighted by Crippen LogP contribution is -2.34.